The molecule has 2 aromatic carbocycles. The Kier molecular flexibility index (Phi) is 6.48. The van der Waals surface area contributed by atoms with Gasteiger partial charge < -0.3 is 14.4 Å². The summed E-state index contributed by atoms with van der Waals surface area (Å²) in [6, 6.07) is 15.1. The predicted octanol–water partition coefficient (Wildman–Crippen LogP) is 4.19. The Morgan fingerprint density at radius 3 is 2.48 bits per heavy atom. The quantitative estimate of drug-likeness (QED) is 0.529. The molecule has 3 aromatic rings. The number of benzene rings is 2. The number of ether oxygens (including phenoxy) is 2. The van der Waals surface area contributed by atoms with Crippen molar-refractivity contribution in [3.63, 3.8) is 0 Å². The summed E-state index contributed by atoms with van der Waals surface area (Å²) < 4.78 is 37.0. The van der Waals surface area contributed by atoms with Crippen LogP contribution < -0.4 is 14.4 Å². The van der Waals surface area contributed by atoms with Gasteiger partial charge in [-0.05, 0) is 30.5 Å². The molecule has 164 valence electrons. The third-order valence-corrected chi connectivity index (χ3v) is 8.85. The van der Waals surface area contributed by atoms with Gasteiger partial charge in [-0.1, -0.05) is 30.3 Å². The average molecular weight is 459 g/mol. The normalized spacial score (nSPS) is 15.1. The van der Waals surface area contributed by atoms with E-state index < -0.39 is 15.1 Å². The number of hydrogen-bond donors (Lipinski definition) is 0. The zero-order valence-corrected chi connectivity index (χ0v) is 19.3. The fraction of sp³-hybridized carbons (Fsp3) is 0.348. The molecule has 0 bridgehead atoms. The second-order valence-corrected chi connectivity index (χ2v) is 10.6. The molecule has 1 aliphatic heterocycles. The van der Waals surface area contributed by atoms with Crippen molar-refractivity contribution in [2.45, 2.75) is 29.4 Å². The fourth-order valence-corrected chi connectivity index (χ4v) is 6.62. The molecule has 0 radical (unpaired) electrons. The second kappa shape index (κ2) is 9.28. The van der Waals surface area contributed by atoms with Gasteiger partial charge in [0.1, 0.15) is 16.4 Å². The minimum Gasteiger partial charge on any atom is -0.497 e. The molecule has 1 aliphatic rings. The molecule has 8 heteroatoms. The molecular weight excluding hydrogens is 432 g/mol. The highest BCUT2D eigenvalue weighted by molar-refractivity contribution is 7.92. The van der Waals surface area contributed by atoms with Gasteiger partial charge in [0.05, 0.1) is 25.2 Å². The van der Waals surface area contributed by atoms with Crippen molar-refractivity contribution in [1.82, 2.24) is 4.98 Å². The Balaban J connectivity index is 1.43. The Labute approximate surface area is 187 Å². The van der Waals surface area contributed by atoms with Crippen LogP contribution in [-0.2, 0) is 16.3 Å². The van der Waals surface area contributed by atoms with E-state index in [1.165, 1.54) is 12.7 Å². The Morgan fingerprint density at radius 1 is 1.06 bits per heavy atom. The molecule has 0 saturated carbocycles. The second-order valence-electron chi connectivity index (χ2n) is 7.53. The molecule has 1 saturated heterocycles. The van der Waals surface area contributed by atoms with Crippen molar-refractivity contribution in [1.29, 1.82) is 0 Å². The smallest absolute Gasteiger partial charge is 0.185 e. The molecule has 1 aromatic heterocycles. The maximum absolute atomic E-state index is 13.3. The van der Waals surface area contributed by atoms with Gasteiger partial charge in [-0.2, -0.15) is 0 Å². The lowest BCUT2D eigenvalue weighted by atomic mass is 10.1. The summed E-state index contributed by atoms with van der Waals surface area (Å²) in [6.45, 7) is 1.33. The lowest BCUT2D eigenvalue weighted by Crippen LogP contribution is -2.39. The summed E-state index contributed by atoms with van der Waals surface area (Å²) in [6.07, 6.45) is 1.93. The minimum absolute atomic E-state index is 0.230. The summed E-state index contributed by atoms with van der Waals surface area (Å²) in [7, 11) is -0.473. The van der Waals surface area contributed by atoms with Crippen LogP contribution in [0.4, 0.5) is 5.13 Å². The Bertz CT molecular complexity index is 1120. The molecule has 0 spiro atoms. The monoisotopic (exact) mass is 458 g/mol. The van der Waals surface area contributed by atoms with Crippen molar-refractivity contribution in [3.8, 4) is 11.5 Å². The van der Waals surface area contributed by atoms with Crippen LogP contribution in [0.3, 0.4) is 0 Å². The van der Waals surface area contributed by atoms with Crippen LogP contribution in [0.25, 0.3) is 0 Å². The largest absolute Gasteiger partial charge is 0.497 e. The molecule has 0 amide bonds. The van der Waals surface area contributed by atoms with E-state index in [9.17, 15) is 8.42 Å². The lowest BCUT2D eigenvalue weighted by Gasteiger charge is -2.31. The molecule has 4 rings (SSSR count). The molecule has 31 heavy (non-hydrogen) atoms. The van der Waals surface area contributed by atoms with E-state index in [0.29, 0.717) is 37.4 Å². The van der Waals surface area contributed by atoms with Crippen LogP contribution in [0.15, 0.2) is 58.8 Å². The third kappa shape index (κ3) is 4.70. The van der Waals surface area contributed by atoms with Crippen molar-refractivity contribution in [2.24, 2.45) is 0 Å². The maximum atomic E-state index is 13.3. The molecule has 0 unspecified atom stereocenters. The SMILES string of the molecule is COc1ccc(S(=O)(=O)C2CCN(c3nc(Cc4ccccc4)cs3)CC2)c(OC)c1. The first-order valence-electron chi connectivity index (χ1n) is 10.2. The van der Waals surface area contributed by atoms with Crippen LogP contribution in [0, 0.1) is 0 Å². The van der Waals surface area contributed by atoms with Gasteiger partial charge in [0, 0.05) is 31.0 Å². The summed E-state index contributed by atoms with van der Waals surface area (Å²) >= 11 is 1.62. The van der Waals surface area contributed by atoms with E-state index in [1.807, 2.05) is 18.2 Å². The summed E-state index contributed by atoms with van der Waals surface area (Å²) in [5.41, 5.74) is 2.28. The van der Waals surface area contributed by atoms with E-state index in [1.54, 1.807) is 36.6 Å². The van der Waals surface area contributed by atoms with Crippen molar-refractivity contribution in [3.05, 3.63) is 65.2 Å². The van der Waals surface area contributed by atoms with Crippen LogP contribution in [-0.4, -0.2) is 46.0 Å². The molecule has 1 fully saturated rings. The molecular formula is C23H26N2O4S2. The number of piperidine rings is 1. The van der Waals surface area contributed by atoms with Gasteiger partial charge in [-0.3, -0.25) is 0 Å². The number of rotatable bonds is 7. The van der Waals surface area contributed by atoms with Gasteiger partial charge in [0.25, 0.3) is 0 Å². The van der Waals surface area contributed by atoms with Crippen molar-refractivity contribution >= 4 is 26.3 Å². The summed E-state index contributed by atoms with van der Waals surface area (Å²) in [5, 5.41) is 2.62. The van der Waals surface area contributed by atoms with Crippen LogP contribution in [0.2, 0.25) is 0 Å². The summed E-state index contributed by atoms with van der Waals surface area (Å²) in [4.78, 5) is 7.20. The number of hydrogen-bond acceptors (Lipinski definition) is 7. The van der Waals surface area contributed by atoms with Crippen molar-refractivity contribution in [2.75, 3.05) is 32.2 Å². The highest BCUT2D eigenvalue weighted by Crippen LogP contribution is 2.35. The molecule has 0 N–H and O–H groups in total. The molecule has 0 aliphatic carbocycles. The molecule has 6 nitrogen and oxygen atoms in total. The standard InChI is InChI=1S/C23H26N2O4S2/c1-28-19-8-9-22(21(15-19)29-2)31(26,27)20-10-12-25(13-11-20)23-24-18(16-30-23)14-17-6-4-3-5-7-17/h3-9,15-16,20H,10-14H2,1-2H3. The first-order chi connectivity index (χ1) is 15.0. The van der Waals surface area contributed by atoms with E-state index >= 15 is 0 Å². The minimum atomic E-state index is -3.50. The average Bonchev–Trinajstić information content (AvgIpc) is 3.27. The zero-order valence-electron chi connectivity index (χ0n) is 17.7. The van der Waals surface area contributed by atoms with Gasteiger partial charge >= 0.3 is 0 Å². The Morgan fingerprint density at radius 2 is 1.81 bits per heavy atom. The fourth-order valence-electron chi connectivity index (χ4n) is 3.87. The highest BCUT2D eigenvalue weighted by Gasteiger charge is 2.34. The number of anilines is 1. The molecule has 0 atom stereocenters. The third-order valence-electron chi connectivity index (χ3n) is 5.60. The van der Waals surface area contributed by atoms with Crippen LogP contribution in [0.5, 0.6) is 11.5 Å². The van der Waals surface area contributed by atoms with E-state index in [4.69, 9.17) is 14.5 Å². The Hall–Kier alpha value is -2.58. The number of nitrogens with zero attached hydrogens (tertiary/aromatic N) is 2. The van der Waals surface area contributed by atoms with Gasteiger partial charge in [0.2, 0.25) is 0 Å². The lowest BCUT2D eigenvalue weighted by molar-refractivity contribution is 0.385. The highest BCUT2D eigenvalue weighted by atomic mass is 32.2. The van der Waals surface area contributed by atoms with Gasteiger partial charge in [-0.25, -0.2) is 13.4 Å². The number of thiazole rings is 1. The number of aromatic nitrogens is 1. The van der Waals surface area contributed by atoms with E-state index in [0.717, 1.165) is 17.2 Å². The summed E-state index contributed by atoms with van der Waals surface area (Å²) in [5.74, 6) is 0.896. The first-order valence-corrected chi connectivity index (χ1v) is 12.6. The van der Waals surface area contributed by atoms with E-state index in [2.05, 4.69) is 22.4 Å². The maximum Gasteiger partial charge on any atom is 0.185 e. The van der Waals surface area contributed by atoms with Crippen LogP contribution >= 0.6 is 11.3 Å². The number of methoxy groups -OCH3 is 2. The van der Waals surface area contributed by atoms with Crippen molar-refractivity contribution < 1.29 is 17.9 Å². The van der Waals surface area contributed by atoms with Gasteiger partial charge in [0.15, 0.2) is 15.0 Å². The topological polar surface area (TPSA) is 68.7 Å². The van der Waals surface area contributed by atoms with Gasteiger partial charge in [-0.15, -0.1) is 11.3 Å². The van der Waals surface area contributed by atoms with E-state index in [-0.39, 0.29) is 4.90 Å². The first kappa shape index (κ1) is 21.6. The number of sulfone groups is 1. The zero-order chi connectivity index (χ0) is 21.8. The van der Waals surface area contributed by atoms with Crippen LogP contribution in [0.1, 0.15) is 24.1 Å². The molecule has 2 heterocycles. The predicted molar refractivity (Wildman–Crippen MR) is 123 cm³/mol.